The van der Waals surface area contributed by atoms with Crippen LogP contribution in [0.2, 0.25) is 39.3 Å². The molecule has 0 aromatic heterocycles. The summed E-state index contributed by atoms with van der Waals surface area (Å²) < 4.78 is 55.0. The SMILES string of the molecule is C[Si](C)(C)[Si](F)(F)[Si](F)(F)[Si](C)(C)C. The molecule has 8 heteroatoms. The number of hydrogen-bond donors (Lipinski definition) is 0. The van der Waals surface area contributed by atoms with Crippen LogP contribution < -0.4 is 0 Å². The zero-order chi connectivity index (χ0) is 12.0. The molecule has 0 aromatic carbocycles. The molecule has 0 aromatic rings. The van der Waals surface area contributed by atoms with Crippen LogP contribution >= 0.6 is 0 Å². The minimum absolute atomic E-state index is 1.38. The Kier molecular flexibility index (Phi) is 3.71. The summed E-state index contributed by atoms with van der Waals surface area (Å²) in [5, 5.41) is 0. The lowest BCUT2D eigenvalue weighted by Gasteiger charge is -2.36. The van der Waals surface area contributed by atoms with Crippen LogP contribution in [0, 0.1) is 0 Å². The van der Waals surface area contributed by atoms with Crippen molar-refractivity contribution >= 4 is 30.7 Å². The molecule has 0 aliphatic heterocycles. The van der Waals surface area contributed by atoms with Crippen molar-refractivity contribution in [2.45, 2.75) is 39.3 Å². The van der Waals surface area contributed by atoms with Gasteiger partial charge < -0.3 is 0 Å². The number of rotatable bonds is 3. The van der Waals surface area contributed by atoms with E-state index in [1.165, 1.54) is 39.3 Å². The topological polar surface area (TPSA) is 0 Å². The maximum absolute atomic E-state index is 13.8. The van der Waals surface area contributed by atoms with E-state index in [0.717, 1.165) is 0 Å². The zero-order valence-electron chi connectivity index (χ0n) is 9.51. The van der Waals surface area contributed by atoms with Gasteiger partial charge in [0.05, 0.1) is 0 Å². The molecule has 0 saturated heterocycles. The van der Waals surface area contributed by atoms with Gasteiger partial charge in [-0.05, 0) is 0 Å². The quantitative estimate of drug-likeness (QED) is 0.420. The summed E-state index contributed by atoms with van der Waals surface area (Å²) >= 11 is 0. The van der Waals surface area contributed by atoms with E-state index in [-0.39, 0.29) is 0 Å². The third-order valence-electron chi connectivity index (χ3n) is 2.28. The first-order valence-electron chi connectivity index (χ1n) is 4.51. The van der Waals surface area contributed by atoms with Crippen LogP contribution in [0.5, 0.6) is 0 Å². The third kappa shape index (κ3) is 2.22. The maximum Gasteiger partial charge on any atom is 0.451 e. The van der Waals surface area contributed by atoms with E-state index in [2.05, 4.69) is 0 Å². The number of halogens is 4. The Balaban J connectivity index is 5.30. The van der Waals surface area contributed by atoms with E-state index in [0.29, 0.717) is 0 Å². The molecule has 0 spiro atoms. The van der Waals surface area contributed by atoms with Gasteiger partial charge >= 0.3 is 15.6 Å². The highest BCUT2D eigenvalue weighted by Crippen LogP contribution is 2.38. The predicted octanol–water partition coefficient (Wildman–Crippen LogP) is 3.66. The van der Waals surface area contributed by atoms with Crippen molar-refractivity contribution in [1.82, 2.24) is 0 Å². The molecule has 0 saturated carbocycles. The largest absolute Gasteiger partial charge is 0.451 e. The molecule has 0 fully saturated rings. The van der Waals surface area contributed by atoms with Gasteiger partial charge in [-0.3, -0.25) is 16.4 Å². The van der Waals surface area contributed by atoms with E-state index in [4.69, 9.17) is 0 Å². The molecule has 0 atom stereocenters. The van der Waals surface area contributed by atoms with E-state index >= 15 is 0 Å². The van der Waals surface area contributed by atoms with Gasteiger partial charge in [0.15, 0.2) is 0 Å². The molecule has 0 heterocycles. The van der Waals surface area contributed by atoms with Gasteiger partial charge in [0, 0.05) is 0 Å². The molecule has 0 aliphatic carbocycles. The van der Waals surface area contributed by atoms with Gasteiger partial charge in [0.2, 0.25) is 0 Å². The van der Waals surface area contributed by atoms with Gasteiger partial charge in [0.1, 0.15) is 15.2 Å². The normalized spacial score (nSPS) is 15.9. The predicted molar refractivity (Wildman–Crippen MR) is 62.6 cm³/mol. The van der Waals surface area contributed by atoms with Crippen molar-refractivity contribution < 1.29 is 16.4 Å². The third-order valence-corrected chi connectivity index (χ3v) is 41.9. The van der Waals surface area contributed by atoms with Gasteiger partial charge in [-0.15, -0.1) is 0 Å². The monoisotopic (exact) mass is 278 g/mol. The van der Waals surface area contributed by atoms with Crippen LogP contribution in [0.25, 0.3) is 0 Å². The minimum atomic E-state index is -5.26. The minimum Gasteiger partial charge on any atom is -0.273 e. The summed E-state index contributed by atoms with van der Waals surface area (Å²) in [5.41, 5.74) is 0. The van der Waals surface area contributed by atoms with Gasteiger partial charge in [-0.2, -0.15) is 0 Å². The Bertz CT molecular complexity index is 191. The Morgan fingerprint density at radius 3 is 0.714 bits per heavy atom. The standard InChI is InChI=1S/C6H18F4Si4/c1-11(2,3)13(7,8)14(9,10)12(4,5)6/h1-6H3. The fourth-order valence-corrected chi connectivity index (χ4v) is 45.7. The number of hydrogen-bond acceptors (Lipinski definition) is 0. The van der Waals surface area contributed by atoms with Gasteiger partial charge in [-0.25, -0.2) is 0 Å². The molecule has 0 N–H and O–H groups in total. The molecule has 0 unspecified atom stereocenters. The molecular weight excluding hydrogens is 260 g/mol. The van der Waals surface area contributed by atoms with Crippen molar-refractivity contribution in [3.8, 4) is 0 Å². The molecule has 0 bridgehead atoms. The highest BCUT2D eigenvalue weighted by Gasteiger charge is 2.76. The molecule has 0 amide bonds. The van der Waals surface area contributed by atoms with E-state index in [9.17, 15) is 16.4 Å². The first kappa shape index (κ1) is 14.6. The highest BCUT2D eigenvalue weighted by atomic mass is 29.9. The molecule has 0 radical (unpaired) electrons. The maximum atomic E-state index is 13.8. The zero-order valence-corrected chi connectivity index (χ0v) is 13.5. The Morgan fingerprint density at radius 2 is 0.643 bits per heavy atom. The van der Waals surface area contributed by atoms with Crippen LogP contribution in [-0.2, 0) is 0 Å². The molecule has 0 nitrogen and oxygen atoms in total. The summed E-state index contributed by atoms with van der Waals surface area (Å²) in [6, 6.07) is 0. The summed E-state index contributed by atoms with van der Waals surface area (Å²) in [6.07, 6.45) is 0. The fraction of sp³-hybridized carbons (Fsp3) is 1.00. The highest BCUT2D eigenvalue weighted by molar-refractivity contribution is 7.77. The van der Waals surface area contributed by atoms with Crippen molar-refractivity contribution in [1.29, 1.82) is 0 Å². The molecule has 0 aliphatic rings. The van der Waals surface area contributed by atoms with Crippen LogP contribution in [0.3, 0.4) is 0 Å². The lowest BCUT2D eigenvalue weighted by Crippen LogP contribution is -2.75. The van der Waals surface area contributed by atoms with Crippen molar-refractivity contribution in [2.24, 2.45) is 0 Å². The first-order chi connectivity index (χ1) is 5.75. The second kappa shape index (κ2) is 3.56. The van der Waals surface area contributed by atoms with E-state index < -0.39 is 30.7 Å². The van der Waals surface area contributed by atoms with Crippen LogP contribution in [-0.4, -0.2) is 30.7 Å². The summed E-state index contributed by atoms with van der Waals surface area (Å²) in [4.78, 5) is 0. The smallest absolute Gasteiger partial charge is 0.273 e. The van der Waals surface area contributed by atoms with Crippen LogP contribution in [0.15, 0.2) is 0 Å². The van der Waals surface area contributed by atoms with Gasteiger partial charge in [0.25, 0.3) is 0 Å². The van der Waals surface area contributed by atoms with E-state index in [1.54, 1.807) is 0 Å². The second-order valence-corrected chi connectivity index (χ2v) is 36.5. The lowest BCUT2D eigenvalue weighted by molar-refractivity contribution is 0.594. The summed E-state index contributed by atoms with van der Waals surface area (Å²) in [6.45, 7) is 8.25. The Morgan fingerprint density at radius 1 is 0.500 bits per heavy atom. The van der Waals surface area contributed by atoms with Crippen molar-refractivity contribution in [3.63, 3.8) is 0 Å². The molecule has 0 rings (SSSR count). The second-order valence-electron chi connectivity index (χ2n) is 5.65. The average Bonchev–Trinajstić information content (AvgIpc) is 1.81. The Hall–Kier alpha value is 0.588. The van der Waals surface area contributed by atoms with Crippen molar-refractivity contribution in [3.05, 3.63) is 0 Å². The van der Waals surface area contributed by atoms with Gasteiger partial charge in [-0.1, -0.05) is 39.3 Å². The van der Waals surface area contributed by atoms with Crippen LogP contribution in [0.4, 0.5) is 16.4 Å². The Labute approximate surface area is 86.8 Å². The van der Waals surface area contributed by atoms with Crippen molar-refractivity contribution in [2.75, 3.05) is 0 Å². The first-order valence-corrected chi connectivity index (χ1v) is 18.0. The van der Waals surface area contributed by atoms with Crippen LogP contribution in [0.1, 0.15) is 0 Å². The van der Waals surface area contributed by atoms with E-state index in [1.807, 2.05) is 0 Å². The fourth-order valence-electron chi connectivity index (χ4n) is 0.942. The lowest BCUT2D eigenvalue weighted by atomic mass is 11.8. The molecular formula is C6H18F4Si4. The summed E-state index contributed by atoms with van der Waals surface area (Å²) in [7, 11) is -16.5. The molecule has 14 heavy (non-hydrogen) atoms. The molecule has 86 valence electrons. The summed E-state index contributed by atoms with van der Waals surface area (Å²) in [5.74, 6) is 0. The average molecular weight is 279 g/mol.